The number of rotatable bonds is 2. The molecule has 0 radical (unpaired) electrons. The number of H-pyrrole nitrogens is 2. The van der Waals surface area contributed by atoms with Crippen LogP contribution in [0.2, 0.25) is 0 Å². The number of aromatic amines is 2. The molecule has 0 spiro atoms. The molecule has 0 aliphatic carbocycles. The van der Waals surface area contributed by atoms with Gasteiger partial charge in [-0.15, -0.1) is 0 Å². The van der Waals surface area contributed by atoms with E-state index >= 15 is 0 Å². The molecule has 2 aromatic rings. The second-order valence-corrected chi connectivity index (χ2v) is 5.06. The number of aromatic nitrogens is 3. The predicted molar refractivity (Wildman–Crippen MR) is 74.3 cm³/mol. The normalized spacial score (nSPS) is 15.2. The molecular formula is C13H14N4OS. The van der Waals surface area contributed by atoms with Crippen LogP contribution in [0.15, 0.2) is 29.2 Å². The van der Waals surface area contributed by atoms with Crippen molar-refractivity contribution in [3.05, 3.63) is 56.5 Å². The second-order valence-electron chi connectivity index (χ2n) is 4.65. The third-order valence-corrected chi connectivity index (χ3v) is 3.51. The molecule has 0 unspecified atom stereocenters. The first-order valence-corrected chi connectivity index (χ1v) is 6.60. The molecule has 0 aromatic carbocycles. The maximum Gasteiger partial charge on any atom is 0.256 e. The quantitative estimate of drug-likeness (QED) is 0.812. The van der Waals surface area contributed by atoms with E-state index in [-0.39, 0.29) is 5.56 Å². The fourth-order valence-corrected chi connectivity index (χ4v) is 2.58. The highest BCUT2D eigenvalue weighted by Gasteiger charge is 2.19. The molecule has 0 saturated heterocycles. The highest BCUT2D eigenvalue weighted by Crippen LogP contribution is 2.14. The molecule has 2 N–H and O–H groups in total. The van der Waals surface area contributed by atoms with E-state index in [1.54, 1.807) is 6.20 Å². The van der Waals surface area contributed by atoms with Crippen molar-refractivity contribution in [2.24, 2.45) is 0 Å². The Bertz CT molecular complexity index is 692. The molecule has 3 rings (SSSR count). The van der Waals surface area contributed by atoms with Gasteiger partial charge in [-0.2, -0.15) is 0 Å². The van der Waals surface area contributed by atoms with Crippen molar-refractivity contribution in [2.75, 3.05) is 6.54 Å². The lowest BCUT2D eigenvalue weighted by atomic mass is 10.1. The average Bonchev–Trinajstić information content (AvgIpc) is 2.40. The highest BCUT2D eigenvalue weighted by molar-refractivity contribution is 7.71. The van der Waals surface area contributed by atoms with Crippen LogP contribution >= 0.6 is 12.2 Å². The largest absolute Gasteiger partial charge is 0.335 e. The van der Waals surface area contributed by atoms with Crippen molar-refractivity contribution < 1.29 is 0 Å². The Hall–Kier alpha value is -1.79. The minimum Gasteiger partial charge on any atom is -0.335 e. The smallest absolute Gasteiger partial charge is 0.256 e. The van der Waals surface area contributed by atoms with Gasteiger partial charge in [0.1, 0.15) is 0 Å². The van der Waals surface area contributed by atoms with E-state index in [4.69, 9.17) is 12.2 Å². The van der Waals surface area contributed by atoms with Gasteiger partial charge in [0.2, 0.25) is 0 Å². The molecule has 5 nitrogen and oxygen atoms in total. The Kier molecular flexibility index (Phi) is 3.27. The maximum atomic E-state index is 11.9. The zero-order valence-corrected chi connectivity index (χ0v) is 11.2. The molecular weight excluding hydrogens is 260 g/mol. The first kappa shape index (κ1) is 12.3. The first-order chi connectivity index (χ1) is 9.22. The van der Waals surface area contributed by atoms with Crippen LogP contribution in [0.3, 0.4) is 0 Å². The summed E-state index contributed by atoms with van der Waals surface area (Å²) in [5.41, 5.74) is 2.69. The Balaban J connectivity index is 1.83. The van der Waals surface area contributed by atoms with Crippen molar-refractivity contribution in [3.63, 3.8) is 0 Å². The summed E-state index contributed by atoms with van der Waals surface area (Å²) in [4.78, 5) is 24.1. The van der Waals surface area contributed by atoms with Crippen LogP contribution in [-0.2, 0) is 19.5 Å². The van der Waals surface area contributed by atoms with Gasteiger partial charge in [0, 0.05) is 37.9 Å². The van der Waals surface area contributed by atoms with E-state index in [2.05, 4.69) is 19.9 Å². The zero-order valence-electron chi connectivity index (χ0n) is 10.3. The van der Waals surface area contributed by atoms with E-state index in [0.717, 1.165) is 36.5 Å². The average molecular weight is 274 g/mol. The summed E-state index contributed by atoms with van der Waals surface area (Å²) in [6, 6.07) is 5.88. The first-order valence-electron chi connectivity index (χ1n) is 6.19. The van der Waals surface area contributed by atoms with Crippen LogP contribution in [0, 0.1) is 4.77 Å². The Morgan fingerprint density at radius 3 is 3.05 bits per heavy atom. The van der Waals surface area contributed by atoms with Crippen LogP contribution < -0.4 is 5.56 Å². The number of nitrogens with one attached hydrogen (secondary N) is 2. The third kappa shape index (κ3) is 2.64. The fraction of sp³-hybridized carbons (Fsp3) is 0.308. The standard InChI is InChI=1S/C13H14N4OS/c18-12-10-8-17(7-9-3-1-2-5-14-9)6-4-11(10)15-13(19)16-12/h1-3,5H,4,6-8H2,(H2,15,16,18,19). The number of pyridine rings is 1. The maximum absolute atomic E-state index is 11.9. The summed E-state index contributed by atoms with van der Waals surface area (Å²) in [6.07, 6.45) is 2.60. The number of hydrogen-bond donors (Lipinski definition) is 2. The van der Waals surface area contributed by atoms with Gasteiger partial charge in [-0.3, -0.25) is 19.7 Å². The summed E-state index contributed by atoms with van der Waals surface area (Å²) in [6.45, 7) is 2.29. The molecule has 1 aliphatic rings. The predicted octanol–water partition coefficient (Wildman–Crippen LogP) is 1.39. The van der Waals surface area contributed by atoms with Gasteiger partial charge in [0.15, 0.2) is 4.77 Å². The molecule has 6 heteroatoms. The van der Waals surface area contributed by atoms with Crippen LogP contribution in [0.1, 0.15) is 17.0 Å². The minimum atomic E-state index is -0.0792. The summed E-state index contributed by atoms with van der Waals surface area (Å²) >= 11 is 4.98. The molecule has 0 saturated carbocycles. The Morgan fingerprint density at radius 2 is 2.26 bits per heavy atom. The number of hydrogen-bond acceptors (Lipinski definition) is 4. The molecule has 0 atom stereocenters. The lowest BCUT2D eigenvalue weighted by Gasteiger charge is -2.27. The van der Waals surface area contributed by atoms with Crippen molar-refractivity contribution in [1.82, 2.24) is 19.9 Å². The van der Waals surface area contributed by atoms with Crippen LogP contribution in [0.25, 0.3) is 0 Å². The van der Waals surface area contributed by atoms with Gasteiger partial charge in [0.05, 0.1) is 11.3 Å². The van der Waals surface area contributed by atoms with E-state index in [0.29, 0.717) is 11.3 Å². The van der Waals surface area contributed by atoms with E-state index in [1.807, 2.05) is 18.2 Å². The summed E-state index contributed by atoms with van der Waals surface area (Å²) in [5.74, 6) is 0. The van der Waals surface area contributed by atoms with Gasteiger partial charge in [-0.25, -0.2) is 0 Å². The number of nitrogens with zero attached hydrogens (tertiary/aromatic N) is 2. The van der Waals surface area contributed by atoms with Crippen LogP contribution in [0.4, 0.5) is 0 Å². The van der Waals surface area contributed by atoms with Gasteiger partial charge in [-0.1, -0.05) is 6.07 Å². The van der Waals surface area contributed by atoms with Crippen molar-refractivity contribution in [3.8, 4) is 0 Å². The third-order valence-electron chi connectivity index (χ3n) is 3.30. The van der Waals surface area contributed by atoms with Gasteiger partial charge >= 0.3 is 0 Å². The highest BCUT2D eigenvalue weighted by atomic mass is 32.1. The Morgan fingerprint density at radius 1 is 1.37 bits per heavy atom. The molecule has 0 bridgehead atoms. The topological polar surface area (TPSA) is 64.8 Å². The van der Waals surface area contributed by atoms with Crippen LogP contribution in [-0.4, -0.2) is 26.4 Å². The van der Waals surface area contributed by atoms with E-state index in [1.165, 1.54) is 0 Å². The van der Waals surface area contributed by atoms with Crippen molar-refractivity contribution in [2.45, 2.75) is 19.5 Å². The van der Waals surface area contributed by atoms with E-state index in [9.17, 15) is 4.79 Å². The molecule has 0 fully saturated rings. The molecule has 1 aliphatic heterocycles. The van der Waals surface area contributed by atoms with Crippen molar-refractivity contribution in [1.29, 1.82) is 0 Å². The van der Waals surface area contributed by atoms with Gasteiger partial charge in [0.25, 0.3) is 5.56 Å². The van der Waals surface area contributed by atoms with E-state index < -0.39 is 0 Å². The SMILES string of the molecule is O=c1[nH]c(=S)[nH]c2c1CN(Cc1ccccn1)CC2. The minimum absolute atomic E-state index is 0.0792. The summed E-state index contributed by atoms with van der Waals surface area (Å²) in [7, 11) is 0. The Labute approximate surface area is 115 Å². The molecule has 0 amide bonds. The molecule has 19 heavy (non-hydrogen) atoms. The lowest BCUT2D eigenvalue weighted by Crippen LogP contribution is -2.35. The lowest BCUT2D eigenvalue weighted by molar-refractivity contribution is 0.239. The molecule has 3 heterocycles. The van der Waals surface area contributed by atoms with Crippen LogP contribution in [0.5, 0.6) is 0 Å². The van der Waals surface area contributed by atoms with Crippen molar-refractivity contribution >= 4 is 12.2 Å². The molecule has 2 aromatic heterocycles. The van der Waals surface area contributed by atoms with Gasteiger partial charge < -0.3 is 4.98 Å². The summed E-state index contributed by atoms with van der Waals surface area (Å²) in [5, 5.41) is 0. The fourth-order valence-electron chi connectivity index (χ4n) is 2.37. The summed E-state index contributed by atoms with van der Waals surface area (Å²) < 4.78 is 0.405. The molecule has 98 valence electrons. The monoisotopic (exact) mass is 274 g/mol. The number of fused-ring (bicyclic) bond motifs is 1. The second kappa shape index (κ2) is 5.07. The zero-order chi connectivity index (χ0) is 13.2. The van der Waals surface area contributed by atoms with Gasteiger partial charge in [-0.05, 0) is 24.4 Å².